The van der Waals surface area contributed by atoms with Gasteiger partial charge in [0.05, 0.1) is 0 Å². The quantitative estimate of drug-likeness (QED) is 0.662. The molecule has 3 aromatic rings. The number of pyridine rings is 2. The number of hydrogen-bond donors (Lipinski definition) is 0. The Kier molecular flexibility index (Phi) is 2.54. The number of fused-ring (bicyclic) bond motifs is 1. The third-order valence-corrected chi connectivity index (χ3v) is 2.75. The van der Waals surface area contributed by atoms with E-state index in [2.05, 4.69) is 46.4 Å². The van der Waals surface area contributed by atoms with Crippen molar-refractivity contribution >= 4 is 11.0 Å². The van der Waals surface area contributed by atoms with Crippen molar-refractivity contribution in [3.8, 4) is 0 Å². The molecule has 0 spiro atoms. The van der Waals surface area contributed by atoms with Crippen LogP contribution in [-0.4, -0.2) is 9.97 Å². The molecular formula is C15H12N2. The third kappa shape index (κ3) is 2.16. The molecule has 0 bridgehead atoms. The zero-order chi connectivity index (χ0) is 11.5. The van der Waals surface area contributed by atoms with Crippen molar-refractivity contribution < 1.29 is 0 Å². The van der Waals surface area contributed by atoms with E-state index >= 15 is 0 Å². The van der Waals surface area contributed by atoms with Crippen molar-refractivity contribution in [2.45, 2.75) is 6.42 Å². The average Bonchev–Trinajstić information content (AvgIpc) is 2.40. The lowest BCUT2D eigenvalue weighted by Gasteiger charge is -2.02. The number of benzene rings is 1. The molecule has 0 aliphatic carbocycles. The zero-order valence-corrected chi connectivity index (χ0v) is 9.38. The number of nitrogens with zero attached hydrogens (tertiary/aromatic N) is 2. The second-order valence-corrected chi connectivity index (χ2v) is 4.02. The highest BCUT2D eigenvalue weighted by Crippen LogP contribution is 2.12. The van der Waals surface area contributed by atoms with Crippen molar-refractivity contribution in [1.29, 1.82) is 0 Å². The lowest BCUT2D eigenvalue weighted by atomic mass is 10.1. The smallest absolute Gasteiger partial charge is 0.159 e. The van der Waals surface area contributed by atoms with Gasteiger partial charge >= 0.3 is 0 Å². The van der Waals surface area contributed by atoms with E-state index in [-0.39, 0.29) is 0 Å². The molecule has 0 saturated heterocycles. The summed E-state index contributed by atoms with van der Waals surface area (Å²) in [6.07, 6.45) is 2.63. The van der Waals surface area contributed by atoms with Crippen LogP contribution in [-0.2, 0) is 6.42 Å². The van der Waals surface area contributed by atoms with Crippen molar-refractivity contribution in [3.63, 3.8) is 0 Å². The summed E-state index contributed by atoms with van der Waals surface area (Å²) in [6, 6.07) is 18.5. The van der Waals surface area contributed by atoms with Crippen LogP contribution in [0.4, 0.5) is 0 Å². The molecule has 17 heavy (non-hydrogen) atoms. The molecule has 0 aliphatic rings. The van der Waals surface area contributed by atoms with Crippen LogP contribution in [0.3, 0.4) is 0 Å². The molecule has 3 rings (SSSR count). The molecule has 0 saturated carbocycles. The van der Waals surface area contributed by atoms with Crippen LogP contribution in [0.1, 0.15) is 11.3 Å². The Bertz CT molecular complexity index is 633. The first-order valence-electron chi connectivity index (χ1n) is 5.66. The molecule has 2 heteroatoms. The zero-order valence-electron chi connectivity index (χ0n) is 9.38. The van der Waals surface area contributed by atoms with E-state index < -0.39 is 0 Å². The van der Waals surface area contributed by atoms with E-state index in [0.29, 0.717) is 0 Å². The average molecular weight is 220 g/mol. The lowest BCUT2D eigenvalue weighted by molar-refractivity contribution is 1.08. The second-order valence-electron chi connectivity index (χ2n) is 4.02. The van der Waals surface area contributed by atoms with Gasteiger partial charge in [0.1, 0.15) is 0 Å². The van der Waals surface area contributed by atoms with Crippen molar-refractivity contribution in [2.24, 2.45) is 0 Å². The van der Waals surface area contributed by atoms with Crippen LogP contribution in [0.15, 0.2) is 60.8 Å². The van der Waals surface area contributed by atoms with Gasteiger partial charge in [-0.1, -0.05) is 30.3 Å². The standard InChI is InChI=1S/C15H12N2/c1-2-5-12(6-3-1)11-14-9-8-13-7-4-10-16-15(13)17-14/h1-10H,11H2. The lowest BCUT2D eigenvalue weighted by Crippen LogP contribution is -1.93. The van der Waals surface area contributed by atoms with Crippen LogP contribution < -0.4 is 0 Å². The molecule has 2 aromatic heterocycles. The predicted octanol–water partition coefficient (Wildman–Crippen LogP) is 3.22. The van der Waals surface area contributed by atoms with Crippen LogP contribution in [0.25, 0.3) is 11.0 Å². The first-order chi connectivity index (χ1) is 8.42. The number of aromatic nitrogens is 2. The van der Waals surface area contributed by atoms with E-state index in [1.807, 2.05) is 18.2 Å². The minimum absolute atomic E-state index is 0.820. The monoisotopic (exact) mass is 220 g/mol. The molecule has 0 fully saturated rings. The molecule has 0 N–H and O–H groups in total. The van der Waals surface area contributed by atoms with Crippen molar-refractivity contribution in [1.82, 2.24) is 9.97 Å². The highest BCUT2D eigenvalue weighted by atomic mass is 14.8. The summed E-state index contributed by atoms with van der Waals surface area (Å²) in [5.41, 5.74) is 3.15. The highest BCUT2D eigenvalue weighted by Gasteiger charge is 2.00. The number of hydrogen-bond acceptors (Lipinski definition) is 2. The van der Waals surface area contributed by atoms with Gasteiger partial charge in [0, 0.05) is 23.7 Å². The minimum Gasteiger partial charge on any atom is -0.237 e. The second kappa shape index (κ2) is 4.34. The van der Waals surface area contributed by atoms with Crippen molar-refractivity contribution in [2.75, 3.05) is 0 Å². The summed E-state index contributed by atoms with van der Waals surface area (Å²) in [5, 5.41) is 1.09. The van der Waals surface area contributed by atoms with Gasteiger partial charge < -0.3 is 0 Å². The fourth-order valence-electron chi connectivity index (χ4n) is 1.90. The summed E-state index contributed by atoms with van der Waals surface area (Å²) in [5.74, 6) is 0. The van der Waals surface area contributed by atoms with Gasteiger partial charge in [-0.05, 0) is 29.8 Å². The van der Waals surface area contributed by atoms with Crippen molar-refractivity contribution in [3.05, 3.63) is 72.1 Å². The van der Waals surface area contributed by atoms with E-state index in [1.165, 1.54) is 5.56 Å². The van der Waals surface area contributed by atoms with E-state index in [9.17, 15) is 0 Å². The van der Waals surface area contributed by atoms with Crippen LogP contribution in [0, 0.1) is 0 Å². The Hall–Kier alpha value is -2.22. The van der Waals surface area contributed by atoms with Gasteiger partial charge in [0.25, 0.3) is 0 Å². The molecule has 82 valence electrons. The Morgan fingerprint density at radius 1 is 0.824 bits per heavy atom. The summed E-state index contributed by atoms with van der Waals surface area (Å²) < 4.78 is 0. The van der Waals surface area contributed by atoms with Gasteiger partial charge in [-0.15, -0.1) is 0 Å². The summed E-state index contributed by atoms with van der Waals surface area (Å²) in [6.45, 7) is 0. The van der Waals surface area contributed by atoms with Gasteiger partial charge in [-0.2, -0.15) is 0 Å². The molecule has 0 atom stereocenters. The molecular weight excluding hydrogens is 208 g/mol. The number of rotatable bonds is 2. The molecule has 0 unspecified atom stereocenters. The van der Waals surface area contributed by atoms with Crippen LogP contribution >= 0.6 is 0 Å². The van der Waals surface area contributed by atoms with E-state index in [1.54, 1.807) is 6.20 Å². The summed E-state index contributed by atoms with van der Waals surface area (Å²) in [4.78, 5) is 8.83. The third-order valence-electron chi connectivity index (χ3n) is 2.75. The SMILES string of the molecule is c1ccc(Cc2ccc3cccnc3n2)cc1. The molecule has 2 heterocycles. The molecule has 1 aromatic carbocycles. The fourth-order valence-corrected chi connectivity index (χ4v) is 1.90. The maximum absolute atomic E-state index is 4.56. The first-order valence-corrected chi connectivity index (χ1v) is 5.66. The Morgan fingerprint density at radius 2 is 1.71 bits per heavy atom. The summed E-state index contributed by atoms with van der Waals surface area (Å²) >= 11 is 0. The first kappa shape index (κ1) is 9.97. The predicted molar refractivity (Wildman–Crippen MR) is 68.8 cm³/mol. The molecule has 2 nitrogen and oxygen atoms in total. The molecule has 0 radical (unpaired) electrons. The van der Waals surface area contributed by atoms with Gasteiger partial charge in [-0.25, -0.2) is 9.97 Å². The molecule has 0 amide bonds. The van der Waals surface area contributed by atoms with Gasteiger partial charge in [0.2, 0.25) is 0 Å². The normalized spacial score (nSPS) is 10.6. The Morgan fingerprint density at radius 3 is 2.59 bits per heavy atom. The van der Waals surface area contributed by atoms with Gasteiger partial charge in [0.15, 0.2) is 5.65 Å². The Balaban J connectivity index is 1.96. The Labute approximate surface area is 100.0 Å². The minimum atomic E-state index is 0.820. The fraction of sp³-hybridized carbons (Fsp3) is 0.0667. The maximum Gasteiger partial charge on any atom is 0.159 e. The highest BCUT2D eigenvalue weighted by molar-refractivity contribution is 5.74. The largest absolute Gasteiger partial charge is 0.237 e. The van der Waals surface area contributed by atoms with Crippen LogP contribution in [0.5, 0.6) is 0 Å². The topological polar surface area (TPSA) is 25.8 Å². The maximum atomic E-state index is 4.56. The van der Waals surface area contributed by atoms with Gasteiger partial charge in [-0.3, -0.25) is 0 Å². The van der Waals surface area contributed by atoms with E-state index in [4.69, 9.17) is 0 Å². The van der Waals surface area contributed by atoms with Crippen LogP contribution in [0.2, 0.25) is 0 Å². The molecule has 0 aliphatic heterocycles. The summed E-state index contributed by atoms with van der Waals surface area (Å²) in [7, 11) is 0. The van der Waals surface area contributed by atoms with E-state index in [0.717, 1.165) is 23.1 Å².